The topological polar surface area (TPSA) is 117 Å². The Morgan fingerprint density at radius 3 is 2.68 bits per heavy atom. The maximum atomic E-state index is 12.0. The van der Waals surface area contributed by atoms with Gasteiger partial charge in [0, 0.05) is 6.07 Å². The lowest BCUT2D eigenvalue weighted by Gasteiger charge is -2.18. The van der Waals surface area contributed by atoms with Crippen molar-refractivity contribution < 1.29 is 28.7 Å². The minimum atomic E-state index is -0.659. The first kappa shape index (κ1) is 19.2. The van der Waals surface area contributed by atoms with E-state index in [1.165, 1.54) is 12.1 Å². The fraction of sp³-hybridized carbons (Fsp3) is 0.263. The monoisotopic (exact) mass is 386 g/mol. The van der Waals surface area contributed by atoms with Crippen molar-refractivity contribution in [3.63, 3.8) is 0 Å². The molecule has 28 heavy (non-hydrogen) atoms. The van der Waals surface area contributed by atoms with Gasteiger partial charge in [-0.3, -0.25) is 19.7 Å². The number of nitrogens with zero attached hydrogens (tertiary/aromatic N) is 1. The first-order chi connectivity index (χ1) is 13.4. The Morgan fingerprint density at radius 2 is 1.93 bits per heavy atom. The van der Waals surface area contributed by atoms with Gasteiger partial charge in [-0.05, 0) is 30.2 Å². The van der Waals surface area contributed by atoms with Gasteiger partial charge in [0.25, 0.3) is 11.6 Å². The van der Waals surface area contributed by atoms with Gasteiger partial charge in [0.2, 0.25) is 0 Å². The summed E-state index contributed by atoms with van der Waals surface area (Å²) in [6.07, 6.45) is -0.0472. The van der Waals surface area contributed by atoms with Crippen LogP contribution in [0.3, 0.4) is 0 Å². The first-order valence-corrected chi connectivity index (χ1v) is 8.52. The minimum absolute atomic E-state index is 0.0472. The largest absolute Gasteiger partial charge is 0.486 e. The van der Waals surface area contributed by atoms with E-state index in [4.69, 9.17) is 14.2 Å². The molecule has 0 saturated heterocycles. The number of anilines is 1. The fourth-order valence-corrected chi connectivity index (χ4v) is 2.70. The summed E-state index contributed by atoms with van der Waals surface area (Å²) in [5.41, 5.74) is 1.05. The number of rotatable bonds is 6. The summed E-state index contributed by atoms with van der Waals surface area (Å²) >= 11 is 0. The Labute approximate surface area is 160 Å². The maximum absolute atomic E-state index is 12.0. The fourth-order valence-electron chi connectivity index (χ4n) is 2.70. The summed E-state index contributed by atoms with van der Waals surface area (Å²) in [6.45, 7) is 2.00. The van der Waals surface area contributed by atoms with Gasteiger partial charge in [-0.2, -0.15) is 0 Å². The molecule has 3 rings (SSSR count). The summed E-state index contributed by atoms with van der Waals surface area (Å²) in [6, 6.07) is 9.56. The minimum Gasteiger partial charge on any atom is -0.486 e. The molecule has 2 aromatic rings. The zero-order chi connectivity index (χ0) is 20.1. The van der Waals surface area contributed by atoms with Crippen molar-refractivity contribution in [2.24, 2.45) is 0 Å². The lowest BCUT2D eigenvalue weighted by molar-refractivity contribution is -0.384. The van der Waals surface area contributed by atoms with Crippen LogP contribution in [0.25, 0.3) is 0 Å². The molecule has 9 nitrogen and oxygen atoms in total. The Balaban J connectivity index is 1.55. The van der Waals surface area contributed by atoms with Gasteiger partial charge in [-0.1, -0.05) is 18.2 Å². The SMILES string of the molecule is Cc1cccc([N+](=O)[O-])c1NC(=O)COC(=O)Cc1ccc2c(c1)OCCO2. The third-order valence-electron chi connectivity index (χ3n) is 4.03. The first-order valence-electron chi connectivity index (χ1n) is 8.52. The molecule has 0 saturated carbocycles. The number of hydrogen-bond donors (Lipinski definition) is 1. The summed E-state index contributed by atoms with van der Waals surface area (Å²) in [7, 11) is 0. The number of ether oxygens (including phenoxy) is 3. The van der Waals surface area contributed by atoms with Crippen LogP contribution in [0, 0.1) is 17.0 Å². The van der Waals surface area contributed by atoms with Crippen LogP contribution in [0.5, 0.6) is 11.5 Å². The summed E-state index contributed by atoms with van der Waals surface area (Å²) < 4.78 is 15.8. The van der Waals surface area contributed by atoms with Gasteiger partial charge in [-0.15, -0.1) is 0 Å². The predicted octanol–water partition coefficient (Wildman–Crippen LogP) is 2.40. The van der Waals surface area contributed by atoms with E-state index >= 15 is 0 Å². The van der Waals surface area contributed by atoms with E-state index in [0.717, 1.165) is 0 Å². The van der Waals surface area contributed by atoms with Crippen LogP contribution < -0.4 is 14.8 Å². The average molecular weight is 386 g/mol. The molecular weight excluding hydrogens is 368 g/mol. The number of fused-ring (bicyclic) bond motifs is 1. The smallest absolute Gasteiger partial charge is 0.310 e. The Bertz CT molecular complexity index is 926. The zero-order valence-electron chi connectivity index (χ0n) is 15.1. The number of hydrogen-bond acceptors (Lipinski definition) is 7. The second kappa shape index (κ2) is 8.38. The molecular formula is C19H18N2O7. The molecule has 1 aliphatic heterocycles. The van der Waals surface area contributed by atoms with E-state index < -0.39 is 23.4 Å². The number of nitro groups is 1. The summed E-state index contributed by atoms with van der Waals surface area (Å²) in [5.74, 6) is -0.0947. The highest BCUT2D eigenvalue weighted by Crippen LogP contribution is 2.31. The number of carbonyl (C=O) groups excluding carboxylic acids is 2. The van der Waals surface area contributed by atoms with Crippen molar-refractivity contribution in [3.05, 3.63) is 57.6 Å². The average Bonchev–Trinajstić information content (AvgIpc) is 2.67. The molecule has 146 valence electrons. The third kappa shape index (κ3) is 4.56. The second-order valence-corrected chi connectivity index (χ2v) is 6.09. The van der Waals surface area contributed by atoms with Gasteiger partial charge in [0.15, 0.2) is 18.1 Å². The summed E-state index contributed by atoms with van der Waals surface area (Å²) in [4.78, 5) is 34.5. The molecule has 1 aliphatic rings. The molecule has 0 unspecified atom stereocenters. The molecule has 0 bridgehead atoms. The molecule has 0 atom stereocenters. The number of para-hydroxylation sites is 1. The molecule has 0 aromatic heterocycles. The number of nitrogens with one attached hydrogen (secondary N) is 1. The van der Waals surface area contributed by atoms with Gasteiger partial charge in [0.1, 0.15) is 18.9 Å². The highest BCUT2D eigenvalue weighted by atomic mass is 16.6. The van der Waals surface area contributed by atoms with Crippen LogP contribution >= 0.6 is 0 Å². The molecule has 0 spiro atoms. The van der Waals surface area contributed by atoms with E-state index in [1.807, 2.05) is 0 Å². The zero-order valence-corrected chi connectivity index (χ0v) is 15.1. The van der Waals surface area contributed by atoms with E-state index in [1.54, 1.807) is 31.2 Å². The van der Waals surface area contributed by atoms with Crippen LogP contribution in [0.2, 0.25) is 0 Å². The van der Waals surface area contributed by atoms with E-state index in [-0.39, 0.29) is 17.8 Å². The number of benzene rings is 2. The standard InChI is InChI=1S/C19H18N2O7/c1-12-3-2-4-14(21(24)25)19(12)20-17(22)11-28-18(23)10-13-5-6-15-16(9-13)27-8-7-26-15/h2-6,9H,7-8,10-11H2,1H3,(H,20,22). The van der Waals surface area contributed by atoms with Crippen LogP contribution in [0.1, 0.15) is 11.1 Å². The van der Waals surface area contributed by atoms with Crippen LogP contribution in [-0.4, -0.2) is 36.6 Å². The Morgan fingerprint density at radius 1 is 1.18 bits per heavy atom. The van der Waals surface area contributed by atoms with Gasteiger partial charge in [0.05, 0.1) is 11.3 Å². The van der Waals surface area contributed by atoms with Crippen molar-refractivity contribution in [3.8, 4) is 11.5 Å². The number of esters is 1. The van der Waals surface area contributed by atoms with E-state index in [0.29, 0.717) is 35.8 Å². The van der Waals surface area contributed by atoms with E-state index in [2.05, 4.69) is 5.32 Å². The molecule has 0 radical (unpaired) electrons. The lowest BCUT2D eigenvalue weighted by Crippen LogP contribution is -2.22. The number of amides is 1. The molecule has 2 aromatic carbocycles. The number of aryl methyl sites for hydroxylation is 1. The highest BCUT2D eigenvalue weighted by molar-refractivity contribution is 5.95. The molecule has 0 fully saturated rings. The van der Waals surface area contributed by atoms with E-state index in [9.17, 15) is 19.7 Å². The molecule has 0 aliphatic carbocycles. The number of nitro benzene ring substituents is 1. The van der Waals surface area contributed by atoms with Crippen LogP contribution in [-0.2, 0) is 20.7 Å². The maximum Gasteiger partial charge on any atom is 0.310 e. The number of carbonyl (C=O) groups is 2. The molecule has 9 heteroatoms. The Hall–Kier alpha value is -3.62. The Kier molecular flexibility index (Phi) is 5.73. The van der Waals surface area contributed by atoms with Crippen molar-refractivity contribution in [2.45, 2.75) is 13.3 Å². The lowest BCUT2D eigenvalue weighted by atomic mass is 10.1. The summed E-state index contributed by atoms with van der Waals surface area (Å²) in [5, 5.41) is 13.5. The quantitative estimate of drug-likeness (QED) is 0.460. The molecule has 1 heterocycles. The van der Waals surface area contributed by atoms with Crippen molar-refractivity contribution >= 4 is 23.3 Å². The van der Waals surface area contributed by atoms with Gasteiger partial charge < -0.3 is 19.5 Å². The van der Waals surface area contributed by atoms with Crippen molar-refractivity contribution in [2.75, 3.05) is 25.1 Å². The van der Waals surface area contributed by atoms with Crippen molar-refractivity contribution in [1.82, 2.24) is 0 Å². The van der Waals surface area contributed by atoms with Gasteiger partial charge in [-0.25, -0.2) is 0 Å². The van der Waals surface area contributed by atoms with Crippen LogP contribution in [0.4, 0.5) is 11.4 Å². The second-order valence-electron chi connectivity index (χ2n) is 6.09. The van der Waals surface area contributed by atoms with Crippen molar-refractivity contribution in [1.29, 1.82) is 0 Å². The van der Waals surface area contributed by atoms with Crippen LogP contribution in [0.15, 0.2) is 36.4 Å². The highest BCUT2D eigenvalue weighted by Gasteiger charge is 2.19. The van der Waals surface area contributed by atoms with Gasteiger partial charge >= 0.3 is 5.97 Å². The molecule has 1 N–H and O–H groups in total. The normalized spacial score (nSPS) is 12.2. The third-order valence-corrected chi connectivity index (χ3v) is 4.03. The predicted molar refractivity (Wildman–Crippen MR) is 98.6 cm³/mol. The molecule has 1 amide bonds.